The van der Waals surface area contributed by atoms with E-state index in [-0.39, 0.29) is 18.6 Å². The van der Waals surface area contributed by atoms with Gasteiger partial charge in [0.1, 0.15) is 6.04 Å². The first kappa shape index (κ1) is 15.8. The highest BCUT2D eigenvalue weighted by molar-refractivity contribution is 9.10. The van der Waals surface area contributed by atoms with E-state index in [1.807, 2.05) is 24.9 Å². The third kappa shape index (κ3) is 3.36. The van der Waals surface area contributed by atoms with E-state index < -0.39 is 6.04 Å². The van der Waals surface area contributed by atoms with Crippen LogP contribution in [0.2, 0.25) is 0 Å². The third-order valence-electron chi connectivity index (χ3n) is 3.46. The maximum atomic E-state index is 12.3. The summed E-state index contributed by atoms with van der Waals surface area (Å²) in [5.41, 5.74) is 7.05. The molecule has 0 saturated carbocycles. The summed E-state index contributed by atoms with van der Waals surface area (Å²) in [5, 5.41) is 0. The second kappa shape index (κ2) is 6.93. The predicted octanol–water partition coefficient (Wildman–Crippen LogP) is 2.42. The zero-order valence-corrected chi connectivity index (χ0v) is 14.0. The van der Waals surface area contributed by atoms with Gasteiger partial charge in [-0.2, -0.15) is 0 Å². The van der Waals surface area contributed by atoms with Crippen molar-refractivity contribution in [1.82, 2.24) is 4.90 Å². The lowest BCUT2D eigenvalue weighted by Gasteiger charge is -2.34. The van der Waals surface area contributed by atoms with E-state index in [0.717, 1.165) is 16.6 Å². The molecule has 6 heteroatoms. The number of ether oxygens (including phenoxy) is 1. The first-order chi connectivity index (χ1) is 9.54. The molecule has 1 amide bonds. The Bertz CT molecular complexity index is 498. The molecule has 2 rings (SSSR count). The molecule has 110 valence electrons. The number of rotatable bonds is 4. The number of nitrogens with two attached hydrogens (primary N) is 1. The maximum absolute atomic E-state index is 12.3. The van der Waals surface area contributed by atoms with Gasteiger partial charge in [0.2, 0.25) is 5.91 Å². The average molecular weight is 359 g/mol. The lowest BCUT2D eigenvalue weighted by atomic mass is 10.0. The van der Waals surface area contributed by atoms with Gasteiger partial charge in [0, 0.05) is 29.3 Å². The van der Waals surface area contributed by atoms with Crippen LogP contribution in [-0.4, -0.2) is 43.4 Å². The second-order valence-electron chi connectivity index (χ2n) is 4.85. The number of methoxy groups -OCH3 is 1. The van der Waals surface area contributed by atoms with Crippen LogP contribution in [0.1, 0.15) is 18.0 Å². The molecule has 1 aromatic carbocycles. The van der Waals surface area contributed by atoms with E-state index in [1.165, 1.54) is 10.5 Å². The van der Waals surface area contributed by atoms with Crippen molar-refractivity contribution < 1.29 is 9.53 Å². The van der Waals surface area contributed by atoms with Crippen LogP contribution in [0.25, 0.3) is 0 Å². The molecular formula is C14H19BrN2O2S. The largest absolute Gasteiger partial charge is 0.383 e. The van der Waals surface area contributed by atoms with Gasteiger partial charge in [-0.15, -0.1) is 11.8 Å². The van der Waals surface area contributed by atoms with Crippen LogP contribution in [0.4, 0.5) is 0 Å². The number of hydrogen-bond acceptors (Lipinski definition) is 4. The number of carbonyl (C=O) groups excluding carboxylic acids is 1. The van der Waals surface area contributed by atoms with Crippen molar-refractivity contribution in [3.8, 4) is 0 Å². The van der Waals surface area contributed by atoms with Crippen LogP contribution in [0, 0.1) is 0 Å². The molecule has 1 aliphatic rings. The number of halogens is 1. The Kier molecular flexibility index (Phi) is 5.49. The smallest absolute Gasteiger partial charge is 0.242 e. The van der Waals surface area contributed by atoms with Gasteiger partial charge in [-0.05, 0) is 30.2 Å². The Balaban J connectivity index is 2.22. The minimum absolute atomic E-state index is 0.0744. The second-order valence-corrected chi connectivity index (χ2v) is 6.90. The Morgan fingerprint density at radius 1 is 1.65 bits per heavy atom. The van der Waals surface area contributed by atoms with Gasteiger partial charge >= 0.3 is 0 Å². The molecule has 0 bridgehead atoms. The number of likely N-dealkylation sites (N-methyl/N-ethyl adjacent to an activating group) is 1. The molecule has 0 fully saturated rings. The van der Waals surface area contributed by atoms with Crippen molar-refractivity contribution in [1.29, 1.82) is 0 Å². The molecule has 2 N–H and O–H groups in total. The Labute approximate surface area is 132 Å². The molecule has 2 unspecified atom stereocenters. The fraction of sp³-hybridized carbons (Fsp3) is 0.500. The average Bonchev–Trinajstić information content (AvgIpc) is 2.45. The number of nitrogens with zero attached hydrogens (tertiary/aromatic N) is 1. The van der Waals surface area contributed by atoms with E-state index in [9.17, 15) is 4.79 Å². The van der Waals surface area contributed by atoms with E-state index in [0.29, 0.717) is 0 Å². The highest BCUT2D eigenvalue weighted by Gasteiger charge is 2.29. The molecule has 0 spiro atoms. The summed E-state index contributed by atoms with van der Waals surface area (Å²) < 4.78 is 6.00. The molecule has 0 radical (unpaired) electrons. The Morgan fingerprint density at radius 3 is 3.10 bits per heavy atom. The van der Waals surface area contributed by atoms with Crippen LogP contribution in [0.15, 0.2) is 27.6 Å². The maximum Gasteiger partial charge on any atom is 0.242 e. The number of benzene rings is 1. The summed E-state index contributed by atoms with van der Waals surface area (Å²) in [5.74, 6) is 0.936. The van der Waals surface area contributed by atoms with E-state index in [1.54, 1.807) is 12.0 Å². The molecule has 0 aromatic heterocycles. The summed E-state index contributed by atoms with van der Waals surface area (Å²) in [4.78, 5) is 15.3. The number of amides is 1. The Morgan fingerprint density at radius 2 is 2.40 bits per heavy atom. The predicted molar refractivity (Wildman–Crippen MR) is 84.8 cm³/mol. The van der Waals surface area contributed by atoms with Crippen molar-refractivity contribution in [2.45, 2.75) is 23.4 Å². The van der Waals surface area contributed by atoms with Gasteiger partial charge in [0.05, 0.1) is 12.6 Å². The minimum Gasteiger partial charge on any atom is -0.383 e. The first-order valence-electron chi connectivity index (χ1n) is 6.48. The SMILES string of the molecule is COCC(N)C(=O)N(C)C1CCSc2ccc(Br)cc21. The number of thioether (sulfide) groups is 1. The monoisotopic (exact) mass is 358 g/mol. The molecule has 20 heavy (non-hydrogen) atoms. The molecule has 0 aliphatic carbocycles. The van der Waals surface area contributed by atoms with Crippen molar-refractivity contribution in [2.24, 2.45) is 5.73 Å². The van der Waals surface area contributed by atoms with Crippen molar-refractivity contribution in [3.63, 3.8) is 0 Å². The molecule has 1 aromatic rings. The summed E-state index contributed by atoms with van der Waals surface area (Å²) in [6.07, 6.45) is 0.941. The summed E-state index contributed by atoms with van der Waals surface area (Å²) in [6, 6.07) is 5.71. The topological polar surface area (TPSA) is 55.6 Å². The third-order valence-corrected chi connectivity index (χ3v) is 5.07. The van der Waals surface area contributed by atoms with Gasteiger partial charge < -0.3 is 15.4 Å². The first-order valence-corrected chi connectivity index (χ1v) is 8.26. The van der Waals surface area contributed by atoms with Gasteiger partial charge in [0.15, 0.2) is 0 Å². The lowest BCUT2D eigenvalue weighted by molar-refractivity contribution is -0.134. The molecule has 0 saturated heterocycles. The van der Waals surface area contributed by atoms with Crippen molar-refractivity contribution in [3.05, 3.63) is 28.2 Å². The van der Waals surface area contributed by atoms with Gasteiger partial charge in [0.25, 0.3) is 0 Å². The zero-order valence-electron chi connectivity index (χ0n) is 11.6. The molecule has 4 nitrogen and oxygen atoms in total. The van der Waals surface area contributed by atoms with Crippen LogP contribution >= 0.6 is 27.7 Å². The molecule has 1 heterocycles. The van der Waals surface area contributed by atoms with Crippen LogP contribution in [0.3, 0.4) is 0 Å². The minimum atomic E-state index is -0.602. The Hall–Kier alpha value is -0.560. The van der Waals surface area contributed by atoms with E-state index >= 15 is 0 Å². The zero-order chi connectivity index (χ0) is 14.7. The molecule has 1 aliphatic heterocycles. The number of fused-ring (bicyclic) bond motifs is 1. The molecule has 2 atom stereocenters. The highest BCUT2D eigenvalue weighted by atomic mass is 79.9. The van der Waals surface area contributed by atoms with Crippen LogP contribution < -0.4 is 5.73 Å². The van der Waals surface area contributed by atoms with Crippen molar-refractivity contribution in [2.75, 3.05) is 26.5 Å². The normalized spacial score (nSPS) is 19.3. The summed E-state index contributed by atoms with van der Waals surface area (Å²) in [6.45, 7) is 0.246. The molecular weight excluding hydrogens is 340 g/mol. The fourth-order valence-corrected chi connectivity index (χ4v) is 3.88. The van der Waals surface area contributed by atoms with Crippen LogP contribution in [0.5, 0.6) is 0 Å². The lowest BCUT2D eigenvalue weighted by Crippen LogP contribution is -2.46. The summed E-state index contributed by atoms with van der Waals surface area (Å²) in [7, 11) is 3.37. The van der Waals surface area contributed by atoms with E-state index in [2.05, 4.69) is 28.1 Å². The van der Waals surface area contributed by atoms with Gasteiger partial charge in [-0.1, -0.05) is 15.9 Å². The standard InChI is InChI=1S/C14H19BrN2O2S/c1-17(14(18)11(16)8-19-2)12-5-6-20-13-4-3-9(15)7-10(12)13/h3-4,7,11-12H,5-6,8,16H2,1-2H3. The number of carbonyl (C=O) groups is 1. The van der Waals surface area contributed by atoms with Crippen molar-refractivity contribution >= 4 is 33.6 Å². The number of hydrogen-bond donors (Lipinski definition) is 1. The van der Waals surface area contributed by atoms with Gasteiger partial charge in [-0.25, -0.2) is 0 Å². The quantitative estimate of drug-likeness (QED) is 0.897. The van der Waals surface area contributed by atoms with E-state index in [4.69, 9.17) is 10.5 Å². The fourth-order valence-electron chi connectivity index (χ4n) is 2.42. The van der Waals surface area contributed by atoms with Crippen LogP contribution in [-0.2, 0) is 9.53 Å². The summed E-state index contributed by atoms with van der Waals surface area (Å²) >= 11 is 5.33. The van der Waals surface area contributed by atoms with Gasteiger partial charge in [-0.3, -0.25) is 4.79 Å². The highest BCUT2D eigenvalue weighted by Crippen LogP contribution is 2.40.